The first-order valence-electron chi connectivity index (χ1n) is 12.4. The van der Waals surface area contributed by atoms with Crippen molar-refractivity contribution in [1.82, 2.24) is 25.3 Å². The Morgan fingerprint density at radius 2 is 1.56 bits per heavy atom. The van der Waals surface area contributed by atoms with Crippen LogP contribution < -0.4 is 10.2 Å². The van der Waals surface area contributed by atoms with Gasteiger partial charge in [-0.3, -0.25) is 0 Å². The monoisotopic (exact) mass is 480 g/mol. The smallest absolute Gasteiger partial charge is 0.318 e. The van der Waals surface area contributed by atoms with Crippen molar-refractivity contribution in [3.05, 3.63) is 96.0 Å². The van der Waals surface area contributed by atoms with Gasteiger partial charge in [0.25, 0.3) is 0 Å². The van der Waals surface area contributed by atoms with Gasteiger partial charge < -0.3 is 19.6 Å². The first-order valence-corrected chi connectivity index (χ1v) is 12.4. The fraction of sp³-hybridized carbons (Fsp3) is 0.286. The van der Waals surface area contributed by atoms with E-state index in [0.717, 1.165) is 54.3 Å². The molecule has 0 atom stereocenters. The third-order valence-electron chi connectivity index (χ3n) is 6.80. The van der Waals surface area contributed by atoms with Gasteiger partial charge in [-0.05, 0) is 36.1 Å². The number of amides is 2. The molecule has 0 spiro atoms. The highest BCUT2D eigenvalue weighted by molar-refractivity contribution is 5.75. The zero-order valence-electron chi connectivity index (χ0n) is 20.0. The van der Waals surface area contributed by atoms with Crippen molar-refractivity contribution in [2.45, 2.75) is 24.8 Å². The highest BCUT2D eigenvalue weighted by atomic mass is 16.5. The molecule has 2 aromatic heterocycles. The van der Waals surface area contributed by atoms with Crippen LogP contribution in [-0.2, 0) is 0 Å². The van der Waals surface area contributed by atoms with Crippen molar-refractivity contribution in [3.8, 4) is 11.4 Å². The molecule has 2 fully saturated rings. The molecule has 1 saturated carbocycles. The normalized spacial score (nSPS) is 15.8. The van der Waals surface area contributed by atoms with Crippen molar-refractivity contribution in [1.29, 1.82) is 0 Å². The van der Waals surface area contributed by atoms with Crippen LogP contribution in [-0.4, -0.2) is 52.2 Å². The Labute approximate surface area is 210 Å². The van der Waals surface area contributed by atoms with E-state index in [2.05, 4.69) is 25.3 Å². The van der Waals surface area contributed by atoms with Crippen LogP contribution >= 0.6 is 0 Å². The Morgan fingerprint density at radius 3 is 2.14 bits per heavy atom. The van der Waals surface area contributed by atoms with Crippen molar-refractivity contribution in [2.75, 3.05) is 31.1 Å². The number of nitrogens with zero attached hydrogens (tertiary/aromatic N) is 5. The summed E-state index contributed by atoms with van der Waals surface area (Å²) in [6.07, 6.45) is 4.05. The fourth-order valence-corrected chi connectivity index (χ4v) is 4.56. The molecule has 0 radical (unpaired) electrons. The first kappa shape index (κ1) is 22.3. The minimum Gasteiger partial charge on any atom is -0.353 e. The lowest BCUT2D eigenvalue weighted by Gasteiger charge is -2.36. The van der Waals surface area contributed by atoms with E-state index >= 15 is 0 Å². The van der Waals surface area contributed by atoms with Crippen LogP contribution in [0.25, 0.3) is 11.4 Å². The van der Waals surface area contributed by atoms with Crippen LogP contribution in [0.3, 0.4) is 0 Å². The lowest BCUT2D eigenvalue weighted by Crippen LogP contribution is -2.52. The second-order valence-corrected chi connectivity index (χ2v) is 9.31. The van der Waals surface area contributed by atoms with Gasteiger partial charge in [0, 0.05) is 43.9 Å². The maximum Gasteiger partial charge on any atom is 0.318 e. The second kappa shape index (κ2) is 9.81. The van der Waals surface area contributed by atoms with E-state index < -0.39 is 0 Å². The highest BCUT2D eigenvalue weighted by Gasteiger charge is 2.30. The topological polar surface area (TPSA) is 87.4 Å². The molecule has 36 heavy (non-hydrogen) atoms. The standard InChI is InChI=1S/C28H28N6O2/c35-28(30-25(20-7-3-1-4-8-20)21-9-5-2-6-10-21)34-17-15-33(16-18-34)24-14-13-23(19-29-24)26-31-27(36-32-26)22-11-12-22/h1-10,13-14,19,22,25H,11-12,15-18H2,(H,30,35). The number of anilines is 1. The van der Waals surface area contributed by atoms with Gasteiger partial charge in [-0.25, -0.2) is 9.78 Å². The maximum atomic E-state index is 13.2. The van der Waals surface area contributed by atoms with Gasteiger partial charge in [-0.2, -0.15) is 4.98 Å². The number of benzene rings is 2. The Hall–Kier alpha value is -4.20. The molecule has 8 nitrogen and oxygen atoms in total. The van der Waals surface area contributed by atoms with Crippen molar-refractivity contribution >= 4 is 11.8 Å². The Balaban J connectivity index is 1.08. The number of aromatic nitrogens is 3. The summed E-state index contributed by atoms with van der Waals surface area (Å²) in [6, 6.07) is 23.9. The van der Waals surface area contributed by atoms with Crippen LogP contribution in [0.2, 0.25) is 0 Å². The van der Waals surface area contributed by atoms with Crippen LogP contribution in [0.4, 0.5) is 10.6 Å². The largest absolute Gasteiger partial charge is 0.353 e. The molecule has 0 unspecified atom stereocenters. The van der Waals surface area contributed by atoms with E-state index in [1.165, 1.54) is 0 Å². The first-order chi connectivity index (χ1) is 17.7. The van der Waals surface area contributed by atoms with Crippen molar-refractivity contribution < 1.29 is 9.32 Å². The van der Waals surface area contributed by atoms with E-state index in [0.29, 0.717) is 24.8 Å². The van der Waals surface area contributed by atoms with Gasteiger partial charge in [0.2, 0.25) is 11.7 Å². The molecular weight excluding hydrogens is 452 g/mol. The summed E-state index contributed by atoms with van der Waals surface area (Å²) in [5.41, 5.74) is 2.97. The van der Waals surface area contributed by atoms with Gasteiger partial charge >= 0.3 is 6.03 Å². The van der Waals surface area contributed by atoms with E-state index in [4.69, 9.17) is 4.52 Å². The molecule has 1 aliphatic heterocycles. The summed E-state index contributed by atoms with van der Waals surface area (Å²) in [6.45, 7) is 2.69. The quantitative estimate of drug-likeness (QED) is 0.433. The summed E-state index contributed by atoms with van der Waals surface area (Å²) in [4.78, 5) is 26.4. The lowest BCUT2D eigenvalue weighted by atomic mass is 9.99. The highest BCUT2D eigenvalue weighted by Crippen LogP contribution is 2.39. The van der Waals surface area contributed by atoms with Gasteiger partial charge in [0.15, 0.2) is 0 Å². The zero-order chi connectivity index (χ0) is 24.3. The molecule has 2 aromatic carbocycles. The molecule has 1 N–H and O–H groups in total. The number of urea groups is 1. The van der Waals surface area contributed by atoms with Gasteiger partial charge in [0.1, 0.15) is 5.82 Å². The average Bonchev–Trinajstić information content (AvgIpc) is 3.69. The van der Waals surface area contributed by atoms with E-state index in [9.17, 15) is 4.79 Å². The number of carbonyl (C=O) groups excluding carboxylic acids is 1. The number of carbonyl (C=O) groups is 1. The van der Waals surface area contributed by atoms with E-state index in [1.807, 2.05) is 77.7 Å². The molecule has 3 heterocycles. The van der Waals surface area contributed by atoms with Gasteiger partial charge in [-0.1, -0.05) is 65.8 Å². The van der Waals surface area contributed by atoms with E-state index in [-0.39, 0.29) is 12.1 Å². The molecule has 182 valence electrons. The predicted octanol–water partition coefficient (Wildman–Crippen LogP) is 4.63. The number of rotatable bonds is 6. The third-order valence-corrected chi connectivity index (χ3v) is 6.80. The number of piperazine rings is 1. The second-order valence-electron chi connectivity index (χ2n) is 9.31. The summed E-state index contributed by atoms with van der Waals surface area (Å²) < 4.78 is 5.36. The molecular formula is C28H28N6O2. The SMILES string of the molecule is O=C(NC(c1ccccc1)c1ccccc1)N1CCN(c2ccc(-c3noc(C4CC4)n3)cn2)CC1. The number of nitrogens with one attached hydrogen (secondary N) is 1. The molecule has 1 aliphatic carbocycles. The predicted molar refractivity (Wildman–Crippen MR) is 137 cm³/mol. The van der Waals surface area contributed by atoms with Crippen LogP contribution in [0.15, 0.2) is 83.5 Å². The molecule has 6 rings (SSSR count). The molecule has 2 aliphatic rings. The molecule has 2 amide bonds. The Morgan fingerprint density at radius 1 is 0.889 bits per heavy atom. The summed E-state index contributed by atoms with van der Waals surface area (Å²) >= 11 is 0. The average molecular weight is 481 g/mol. The number of hydrogen-bond acceptors (Lipinski definition) is 6. The zero-order valence-corrected chi connectivity index (χ0v) is 20.0. The maximum absolute atomic E-state index is 13.2. The van der Waals surface area contributed by atoms with Crippen LogP contribution in [0.1, 0.15) is 41.8 Å². The molecule has 1 saturated heterocycles. The van der Waals surface area contributed by atoms with Crippen molar-refractivity contribution in [3.63, 3.8) is 0 Å². The number of pyridine rings is 1. The molecule has 4 aromatic rings. The van der Waals surface area contributed by atoms with E-state index in [1.54, 1.807) is 6.20 Å². The van der Waals surface area contributed by atoms with Gasteiger partial charge in [0.05, 0.1) is 6.04 Å². The fourth-order valence-electron chi connectivity index (χ4n) is 4.56. The Bertz CT molecular complexity index is 1260. The molecule has 0 bridgehead atoms. The summed E-state index contributed by atoms with van der Waals surface area (Å²) in [7, 11) is 0. The van der Waals surface area contributed by atoms with Crippen molar-refractivity contribution in [2.24, 2.45) is 0 Å². The van der Waals surface area contributed by atoms with Gasteiger partial charge in [-0.15, -0.1) is 0 Å². The number of hydrogen-bond donors (Lipinski definition) is 1. The third kappa shape index (κ3) is 4.79. The lowest BCUT2D eigenvalue weighted by molar-refractivity contribution is 0.192. The van der Waals surface area contributed by atoms with Crippen LogP contribution in [0.5, 0.6) is 0 Å². The summed E-state index contributed by atoms with van der Waals surface area (Å²) in [5.74, 6) is 2.63. The minimum absolute atomic E-state index is 0.0563. The Kier molecular flexibility index (Phi) is 6.07. The summed E-state index contributed by atoms with van der Waals surface area (Å²) in [5, 5.41) is 7.34. The van der Waals surface area contributed by atoms with Crippen LogP contribution in [0, 0.1) is 0 Å². The minimum atomic E-state index is -0.197. The molecule has 8 heteroatoms.